The van der Waals surface area contributed by atoms with Crippen LogP contribution in [0.1, 0.15) is 21.5 Å². The van der Waals surface area contributed by atoms with Crippen LogP contribution in [0, 0.1) is 6.92 Å². The highest BCUT2D eigenvalue weighted by molar-refractivity contribution is 9.10. The molecule has 0 aliphatic carbocycles. The standard InChI is InChI=1S/C17H16BrNO3/c1-11-5-7-13(8-6-11)16(20)19-15(17(21)22)10-12-3-2-4-14(18)9-12/h2-9,15H,10H2,1H3,(H,19,20)(H,21,22). The summed E-state index contributed by atoms with van der Waals surface area (Å²) in [6.45, 7) is 1.93. The van der Waals surface area contributed by atoms with Gasteiger partial charge in [-0.3, -0.25) is 4.79 Å². The number of carbonyl (C=O) groups excluding carboxylic acids is 1. The van der Waals surface area contributed by atoms with Crippen molar-refractivity contribution in [3.63, 3.8) is 0 Å². The number of halogens is 1. The molecule has 2 aromatic carbocycles. The second-order valence-corrected chi connectivity index (χ2v) is 5.98. The van der Waals surface area contributed by atoms with Gasteiger partial charge in [-0.15, -0.1) is 0 Å². The number of carboxylic acid groups (broad SMARTS) is 1. The molecule has 114 valence electrons. The molecule has 2 aromatic rings. The van der Waals surface area contributed by atoms with E-state index in [4.69, 9.17) is 0 Å². The Balaban J connectivity index is 2.10. The first kappa shape index (κ1) is 16.2. The van der Waals surface area contributed by atoms with Crippen LogP contribution in [-0.4, -0.2) is 23.0 Å². The lowest BCUT2D eigenvalue weighted by molar-refractivity contribution is -0.139. The van der Waals surface area contributed by atoms with Gasteiger partial charge in [0.2, 0.25) is 0 Å². The Kier molecular flexibility index (Phi) is 5.33. The molecule has 0 aliphatic heterocycles. The number of nitrogens with one attached hydrogen (secondary N) is 1. The van der Waals surface area contributed by atoms with Crippen LogP contribution in [0.3, 0.4) is 0 Å². The number of aryl methyl sites for hydroxylation is 1. The normalized spacial score (nSPS) is 11.7. The van der Waals surface area contributed by atoms with Crippen LogP contribution in [0.4, 0.5) is 0 Å². The molecule has 2 rings (SSSR count). The number of aliphatic carboxylic acids is 1. The van der Waals surface area contributed by atoms with Gasteiger partial charge in [0.1, 0.15) is 6.04 Å². The van der Waals surface area contributed by atoms with E-state index >= 15 is 0 Å². The molecular formula is C17H16BrNO3. The molecule has 4 nitrogen and oxygen atoms in total. The SMILES string of the molecule is Cc1ccc(C(=O)NC(Cc2cccc(Br)c2)C(=O)O)cc1. The highest BCUT2D eigenvalue weighted by Crippen LogP contribution is 2.13. The van der Waals surface area contributed by atoms with Crippen LogP contribution < -0.4 is 5.32 Å². The minimum atomic E-state index is -1.06. The molecule has 0 fully saturated rings. The fourth-order valence-electron chi connectivity index (χ4n) is 2.05. The number of carboxylic acids is 1. The molecule has 0 aromatic heterocycles. The van der Waals surface area contributed by atoms with Crippen LogP contribution in [0.2, 0.25) is 0 Å². The van der Waals surface area contributed by atoms with Crippen molar-refractivity contribution in [1.82, 2.24) is 5.32 Å². The van der Waals surface area contributed by atoms with Gasteiger partial charge >= 0.3 is 5.97 Å². The average Bonchev–Trinajstić information content (AvgIpc) is 2.47. The predicted molar refractivity (Wildman–Crippen MR) is 87.9 cm³/mol. The molecule has 0 saturated carbocycles. The van der Waals surface area contributed by atoms with Crippen LogP contribution in [-0.2, 0) is 11.2 Å². The third kappa shape index (κ3) is 4.43. The van der Waals surface area contributed by atoms with E-state index in [2.05, 4.69) is 21.2 Å². The quantitative estimate of drug-likeness (QED) is 0.859. The summed E-state index contributed by atoms with van der Waals surface area (Å²) in [5.74, 6) is -1.44. The molecule has 0 radical (unpaired) electrons. The maximum atomic E-state index is 12.1. The average molecular weight is 362 g/mol. The molecule has 0 spiro atoms. The Hall–Kier alpha value is -2.14. The Labute approximate surface area is 137 Å². The van der Waals surface area contributed by atoms with Crippen LogP contribution in [0.15, 0.2) is 53.0 Å². The smallest absolute Gasteiger partial charge is 0.326 e. The first-order valence-electron chi connectivity index (χ1n) is 6.80. The van der Waals surface area contributed by atoms with E-state index in [0.29, 0.717) is 5.56 Å². The van der Waals surface area contributed by atoms with Crippen molar-refractivity contribution in [2.75, 3.05) is 0 Å². The molecule has 0 bridgehead atoms. The van der Waals surface area contributed by atoms with Crippen molar-refractivity contribution in [2.24, 2.45) is 0 Å². The van der Waals surface area contributed by atoms with Crippen molar-refractivity contribution in [1.29, 1.82) is 0 Å². The first-order valence-corrected chi connectivity index (χ1v) is 7.60. The van der Waals surface area contributed by atoms with E-state index in [1.54, 1.807) is 12.1 Å². The van der Waals surface area contributed by atoms with Gasteiger partial charge in [-0.05, 0) is 36.8 Å². The fraction of sp³-hybridized carbons (Fsp3) is 0.176. The minimum Gasteiger partial charge on any atom is -0.480 e. The van der Waals surface area contributed by atoms with Crippen molar-refractivity contribution in [3.05, 3.63) is 69.7 Å². The van der Waals surface area contributed by atoms with Gasteiger partial charge in [0.25, 0.3) is 5.91 Å². The van der Waals surface area contributed by atoms with Crippen molar-refractivity contribution in [2.45, 2.75) is 19.4 Å². The third-order valence-corrected chi connectivity index (χ3v) is 3.74. The van der Waals surface area contributed by atoms with Crippen molar-refractivity contribution in [3.8, 4) is 0 Å². The molecule has 1 unspecified atom stereocenters. The molecule has 1 amide bonds. The maximum absolute atomic E-state index is 12.1. The Bertz CT molecular complexity index is 683. The summed E-state index contributed by atoms with van der Waals surface area (Å²) in [7, 11) is 0. The summed E-state index contributed by atoms with van der Waals surface area (Å²) in [5.41, 5.74) is 2.33. The van der Waals surface area contributed by atoms with E-state index in [9.17, 15) is 14.7 Å². The van der Waals surface area contributed by atoms with Gasteiger partial charge in [0.15, 0.2) is 0 Å². The van der Waals surface area contributed by atoms with E-state index in [-0.39, 0.29) is 12.3 Å². The van der Waals surface area contributed by atoms with Crippen molar-refractivity contribution >= 4 is 27.8 Å². The minimum absolute atomic E-state index is 0.229. The third-order valence-electron chi connectivity index (χ3n) is 3.25. The van der Waals surface area contributed by atoms with Gasteiger partial charge in [0.05, 0.1) is 0 Å². The van der Waals surface area contributed by atoms with Crippen LogP contribution in [0.25, 0.3) is 0 Å². The van der Waals surface area contributed by atoms with E-state index in [0.717, 1.165) is 15.6 Å². The Morgan fingerprint density at radius 3 is 2.45 bits per heavy atom. The lowest BCUT2D eigenvalue weighted by Crippen LogP contribution is -2.42. The fourth-order valence-corrected chi connectivity index (χ4v) is 2.49. The lowest BCUT2D eigenvalue weighted by Gasteiger charge is -2.15. The highest BCUT2D eigenvalue weighted by atomic mass is 79.9. The number of hydrogen-bond acceptors (Lipinski definition) is 2. The summed E-state index contributed by atoms with van der Waals surface area (Å²) in [6, 6.07) is 13.4. The number of rotatable bonds is 5. The van der Waals surface area contributed by atoms with Crippen LogP contribution >= 0.6 is 15.9 Å². The maximum Gasteiger partial charge on any atom is 0.326 e. The van der Waals surface area contributed by atoms with E-state index in [1.807, 2.05) is 43.3 Å². The Morgan fingerprint density at radius 1 is 1.18 bits per heavy atom. The zero-order valence-corrected chi connectivity index (χ0v) is 13.6. The molecule has 0 heterocycles. The largest absolute Gasteiger partial charge is 0.480 e. The van der Waals surface area contributed by atoms with Crippen LogP contribution in [0.5, 0.6) is 0 Å². The number of benzene rings is 2. The number of hydrogen-bond donors (Lipinski definition) is 2. The van der Waals surface area contributed by atoms with Gasteiger partial charge in [-0.2, -0.15) is 0 Å². The number of carbonyl (C=O) groups is 2. The summed E-state index contributed by atoms with van der Waals surface area (Å²) in [4.78, 5) is 23.5. The second-order valence-electron chi connectivity index (χ2n) is 5.06. The molecule has 0 saturated heterocycles. The summed E-state index contributed by atoms with van der Waals surface area (Å²) in [6.07, 6.45) is 0.229. The van der Waals surface area contributed by atoms with Gasteiger partial charge in [-0.1, -0.05) is 45.8 Å². The monoisotopic (exact) mass is 361 g/mol. The molecule has 5 heteroatoms. The van der Waals surface area contributed by atoms with Gasteiger partial charge in [0, 0.05) is 16.5 Å². The highest BCUT2D eigenvalue weighted by Gasteiger charge is 2.21. The molecule has 22 heavy (non-hydrogen) atoms. The number of amides is 1. The Morgan fingerprint density at radius 2 is 1.86 bits per heavy atom. The van der Waals surface area contributed by atoms with Gasteiger partial charge < -0.3 is 10.4 Å². The second kappa shape index (κ2) is 7.22. The zero-order chi connectivity index (χ0) is 16.1. The summed E-state index contributed by atoms with van der Waals surface area (Å²) in [5, 5.41) is 11.9. The first-order chi connectivity index (χ1) is 10.5. The predicted octanol–water partition coefficient (Wildman–Crippen LogP) is 3.18. The van der Waals surface area contributed by atoms with Gasteiger partial charge in [-0.25, -0.2) is 4.79 Å². The molecule has 2 N–H and O–H groups in total. The molecular weight excluding hydrogens is 346 g/mol. The topological polar surface area (TPSA) is 66.4 Å². The lowest BCUT2D eigenvalue weighted by atomic mass is 10.1. The molecule has 1 atom stereocenters. The summed E-state index contributed by atoms with van der Waals surface area (Å²) >= 11 is 3.35. The van der Waals surface area contributed by atoms with E-state index < -0.39 is 12.0 Å². The zero-order valence-electron chi connectivity index (χ0n) is 12.0. The van der Waals surface area contributed by atoms with Crippen molar-refractivity contribution < 1.29 is 14.7 Å². The summed E-state index contributed by atoms with van der Waals surface area (Å²) < 4.78 is 0.874. The van der Waals surface area contributed by atoms with E-state index in [1.165, 1.54) is 0 Å². The molecule has 0 aliphatic rings.